The van der Waals surface area contributed by atoms with Gasteiger partial charge in [0.2, 0.25) is 18.6 Å². The van der Waals surface area contributed by atoms with Gasteiger partial charge in [-0.05, 0) is 49.3 Å². The Labute approximate surface area is 159 Å². The molecule has 1 aromatic carbocycles. The van der Waals surface area contributed by atoms with Gasteiger partial charge in [-0.15, -0.1) is 0 Å². The summed E-state index contributed by atoms with van der Waals surface area (Å²) in [7, 11) is 0. The molecule has 144 valence electrons. The van der Waals surface area contributed by atoms with Crippen molar-refractivity contribution in [3.63, 3.8) is 0 Å². The van der Waals surface area contributed by atoms with Gasteiger partial charge in [0, 0.05) is 38.0 Å². The second-order valence-electron chi connectivity index (χ2n) is 8.28. The summed E-state index contributed by atoms with van der Waals surface area (Å²) in [6, 6.07) is 6.15. The fourth-order valence-corrected chi connectivity index (χ4v) is 4.91. The maximum Gasteiger partial charge on any atom is 0.231 e. The summed E-state index contributed by atoms with van der Waals surface area (Å²) in [5, 5.41) is 0. The maximum absolute atomic E-state index is 12.7. The highest BCUT2D eigenvalue weighted by Crippen LogP contribution is 2.37. The van der Waals surface area contributed by atoms with Gasteiger partial charge in [0.25, 0.3) is 0 Å². The van der Waals surface area contributed by atoms with E-state index in [-0.39, 0.29) is 24.7 Å². The van der Waals surface area contributed by atoms with Crippen LogP contribution in [0.15, 0.2) is 18.2 Å². The molecule has 0 aromatic heterocycles. The first kappa shape index (κ1) is 16.9. The number of hydrogen-bond acceptors (Lipinski definition) is 4. The smallest absolute Gasteiger partial charge is 0.231 e. The Hall–Kier alpha value is -2.24. The van der Waals surface area contributed by atoms with E-state index in [0.29, 0.717) is 24.8 Å². The third-order valence-corrected chi connectivity index (χ3v) is 6.70. The number of fused-ring (bicyclic) bond motifs is 2. The standard InChI is InChI=1S/C21H26N2O4/c24-20-7-5-16-12-22(21(25)15-2-1-3-15)9-8-17(16)23(20)11-14-4-6-18-19(10-14)27-13-26-18/h4,6,10,15-17H,1-3,5,7-9,11-13H2/t16-,17+/m0/s1. The van der Waals surface area contributed by atoms with Crippen LogP contribution in [0.5, 0.6) is 11.5 Å². The molecule has 1 aromatic rings. The third kappa shape index (κ3) is 3.05. The van der Waals surface area contributed by atoms with Crippen LogP contribution >= 0.6 is 0 Å². The number of nitrogens with zero attached hydrogens (tertiary/aromatic N) is 2. The predicted octanol–water partition coefficient (Wildman–Crippen LogP) is 2.55. The molecule has 5 rings (SSSR count). The van der Waals surface area contributed by atoms with Crippen LogP contribution < -0.4 is 9.47 Å². The van der Waals surface area contributed by atoms with Crippen LogP contribution in [0.4, 0.5) is 0 Å². The van der Waals surface area contributed by atoms with E-state index in [1.807, 2.05) is 23.1 Å². The summed E-state index contributed by atoms with van der Waals surface area (Å²) in [6.45, 7) is 2.45. The van der Waals surface area contributed by atoms with Crippen LogP contribution in [0.25, 0.3) is 0 Å². The van der Waals surface area contributed by atoms with Gasteiger partial charge in [0.05, 0.1) is 0 Å². The average Bonchev–Trinajstić information content (AvgIpc) is 3.10. The molecule has 1 aliphatic carbocycles. The van der Waals surface area contributed by atoms with Crippen molar-refractivity contribution in [3.05, 3.63) is 23.8 Å². The van der Waals surface area contributed by atoms with Gasteiger partial charge >= 0.3 is 0 Å². The molecular formula is C21H26N2O4. The normalized spacial score (nSPS) is 27.3. The van der Waals surface area contributed by atoms with Crippen molar-refractivity contribution in [1.82, 2.24) is 9.80 Å². The van der Waals surface area contributed by atoms with Crippen LogP contribution in [0.2, 0.25) is 0 Å². The number of hydrogen-bond donors (Lipinski definition) is 0. The van der Waals surface area contributed by atoms with E-state index in [0.717, 1.165) is 55.8 Å². The largest absolute Gasteiger partial charge is 0.454 e. The predicted molar refractivity (Wildman–Crippen MR) is 98.2 cm³/mol. The number of carbonyl (C=O) groups excluding carboxylic acids is 2. The number of rotatable bonds is 3. The molecule has 3 heterocycles. The van der Waals surface area contributed by atoms with E-state index in [9.17, 15) is 9.59 Å². The maximum atomic E-state index is 12.7. The molecule has 0 spiro atoms. The lowest BCUT2D eigenvalue weighted by atomic mass is 9.80. The highest BCUT2D eigenvalue weighted by molar-refractivity contribution is 5.80. The molecule has 6 heteroatoms. The number of carbonyl (C=O) groups is 2. The fourth-order valence-electron chi connectivity index (χ4n) is 4.91. The molecule has 2 atom stereocenters. The topological polar surface area (TPSA) is 59.1 Å². The van der Waals surface area contributed by atoms with Crippen LogP contribution in [-0.2, 0) is 16.1 Å². The van der Waals surface area contributed by atoms with E-state index in [2.05, 4.69) is 4.90 Å². The number of piperidine rings is 2. The minimum absolute atomic E-state index is 0.229. The SMILES string of the molecule is O=C(C1CCC1)N1CC[C@@H]2[C@@H](CCC(=O)N2Cc2ccc3c(c2)OCO3)C1. The summed E-state index contributed by atoms with van der Waals surface area (Å²) in [6.07, 6.45) is 5.66. The minimum Gasteiger partial charge on any atom is -0.454 e. The van der Waals surface area contributed by atoms with Crippen LogP contribution in [0.1, 0.15) is 44.1 Å². The first-order chi connectivity index (χ1) is 13.2. The van der Waals surface area contributed by atoms with E-state index >= 15 is 0 Å². The Morgan fingerprint density at radius 2 is 1.96 bits per heavy atom. The quantitative estimate of drug-likeness (QED) is 0.821. The van der Waals surface area contributed by atoms with Gasteiger partial charge in [0.1, 0.15) is 0 Å². The zero-order valence-electron chi connectivity index (χ0n) is 15.6. The van der Waals surface area contributed by atoms with Crippen molar-refractivity contribution in [1.29, 1.82) is 0 Å². The van der Waals surface area contributed by atoms with Crippen molar-refractivity contribution in [3.8, 4) is 11.5 Å². The number of amides is 2. The summed E-state index contributed by atoms with van der Waals surface area (Å²) in [4.78, 5) is 29.4. The molecule has 3 aliphatic heterocycles. The molecule has 0 radical (unpaired) electrons. The highest BCUT2D eigenvalue weighted by atomic mass is 16.7. The number of likely N-dealkylation sites (tertiary alicyclic amines) is 2. The van der Waals surface area contributed by atoms with Gasteiger partial charge in [-0.2, -0.15) is 0 Å². The van der Waals surface area contributed by atoms with Crippen LogP contribution in [0, 0.1) is 11.8 Å². The summed E-state index contributed by atoms with van der Waals surface area (Å²) < 4.78 is 10.8. The molecule has 4 aliphatic rings. The van der Waals surface area contributed by atoms with Crippen molar-refractivity contribution in [2.45, 2.75) is 51.1 Å². The van der Waals surface area contributed by atoms with E-state index in [1.54, 1.807) is 0 Å². The molecule has 0 N–H and O–H groups in total. The Morgan fingerprint density at radius 3 is 2.78 bits per heavy atom. The lowest BCUT2D eigenvalue weighted by Crippen LogP contribution is -2.57. The minimum atomic E-state index is 0.229. The second-order valence-corrected chi connectivity index (χ2v) is 8.28. The van der Waals surface area contributed by atoms with Crippen LogP contribution in [-0.4, -0.2) is 47.5 Å². The number of benzene rings is 1. The summed E-state index contributed by atoms with van der Waals surface area (Å²) in [5.41, 5.74) is 1.07. The Balaban J connectivity index is 1.29. The Bertz CT molecular complexity index is 761. The van der Waals surface area contributed by atoms with Crippen molar-refractivity contribution in [2.24, 2.45) is 11.8 Å². The molecule has 0 unspecified atom stereocenters. The van der Waals surface area contributed by atoms with E-state index in [1.165, 1.54) is 6.42 Å². The third-order valence-electron chi connectivity index (χ3n) is 6.70. The van der Waals surface area contributed by atoms with Gasteiger partial charge in [0.15, 0.2) is 11.5 Å². The van der Waals surface area contributed by atoms with Gasteiger partial charge < -0.3 is 19.3 Å². The fraction of sp³-hybridized carbons (Fsp3) is 0.619. The first-order valence-corrected chi connectivity index (χ1v) is 10.2. The Kier molecular flexibility index (Phi) is 4.21. The summed E-state index contributed by atoms with van der Waals surface area (Å²) >= 11 is 0. The molecule has 0 bridgehead atoms. The molecular weight excluding hydrogens is 344 g/mol. The van der Waals surface area contributed by atoms with Gasteiger partial charge in [-0.3, -0.25) is 9.59 Å². The number of ether oxygens (including phenoxy) is 2. The highest BCUT2D eigenvalue weighted by Gasteiger charge is 2.41. The van der Waals surface area contributed by atoms with Crippen molar-refractivity contribution >= 4 is 11.8 Å². The van der Waals surface area contributed by atoms with Crippen LogP contribution in [0.3, 0.4) is 0 Å². The zero-order valence-corrected chi connectivity index (χ0v) is 15.6. The van der Waals surface area contributed by atoms with E-state index < -0.39 is 0 Å². The van der Waals surface area contributed by atoms with Crippen molar-refractivity contribution < 1.29 is 19.1 Å². The second kappa shape index (κ2) is 6.73. The van der Waals surface area contributed by atoms with Gasteiger partial charge in [-0.1, -0.05) is 12.5 Å². The lowest BCUT2D eigenvalue weighted by Gasteiger charge is -2.48. The molecule has 2 saturated heterocycles. The average molecular weight is 370 g/mol. The molecule has 1 saturated carbocycles. The zero-order chi connectivity index (χ0) is 18.4. The van der Waals surface area contributed by atoms with Crippen molar-refractivity contribution in [2.75, 3.05) is 19.9 Å². The van der Waals surface area contributed by atoms with Gasteiger partial charge in [-0.25, -0.2) is 0 Å². The molecule has 2 amide bonds. The molecule has 3 fully saturated rings. The first-order valence-electron chi connectivity index (χ1n) is 10.2. The molecule has 27 heavy (non-hydrogen) atoms. The monoisotopic (exact) mass is 370 g/mol. The molecule has 6 nitrogen and oxygen atoms in total. The Morgan fingerprint density at radius 1 is 1.11 bits per heavy atom. The lowest BCUT2D eigenvalue weighted by molar-refractivity contribution is -0.147. The van der Waals surface area contributed by atoms with E-state index in [4.69, 9.17) is 9.47 Å². The summed E-state index contributed by atoms with van der Waals surface area (Å²) in [5.74, 6) is 2.76.